The predicted octanol–water partition coefficient (Wildman–Crippen LogP) is 3.67. The number of aromatic nitrogens is 3. The number of aryl methyl sites for hydroxylation is 1. The van der Waals surface area contributed by atoms with Crippen LogP contribution in [0.1, 0.15) is 29.4 Å². The van der Waals surface area contributed by atoms with Crippen molar-refractivity contribution in [2.24, 2.45) is 0 Å². The van der Waals surface area contributed by atoms with Crippen LogP contribution in [0.25, 0.3) is 10.2 Å². The third kappa shape index (κ3) is 2.90. The molecule has 0 aliphatic heterocycles. The number of para-hydroxylation sites is 1. The summed E-state index contributed by atoms with van der Waals surface area (Å²) >= 11 is 1.67. The highest BCUT2D eigenvalue weighted by Gasteiger charge is 2.24. The van der Waals surface area contributed by atoms with Crippen LogP contribution < -0.4 is 0 Å². The van der Waals surface area contributed by atoms with E-state index in [-0.39, 0.29) is 16.7 Å². The Balaban J connectivity index is 1.83. The highest BCUT2D eigenvalue weighted by molar-refractivity contribution is 7.18. The van der Waals surface area contributed by atoms with Crippen LogP contribution >= 0.6 is 11.3 Å². The van der Waals surface area contributed by atoms with Gasteiger partial charge in [-0.2, -0.15) is 5.10 Å². The van der Waals surface area contributed by atoms with E-state index in [2.05, 4.69) is 28.0 Å². The molecule has 126 valence electrons. The number of hydrogen-bond acceptors (Lipinski definition) is 6. The monoisotopic (exact) mass is 345 g/mol. The van der Waals surface area contributed by atoms with Gasteiger partial charge in [-0.15, -0.1) is 11.3 Å². The summed E-state index contributed by atoms with van der Waals surface area (Å²) in [6.07, 6.45) is 0. The third-order valence-corrected chi connectivity index (χ3v) is 5.42. The van der Waals surface area contributed by atoms with Crippen LogP contribution in [0, 0.1) is 24.0 Å². The minimum Gasteiger partial charge on any atom is -0.278 e. The van der Waals surface area contributed by atoms with Crippen molar-refractivity contribution in [3.05, 3.63) is 50.8 Å². The van der Waals surface area contributed by atoms with Gasteiger partial charge in [0.1, 0.15) is 16.4 Å². The Morgan fingerprint density at radius 3 is 2.71 bits per heavy atom. The molecule has 0 aliphatic rings. The third-order valence-electron chi connectivity index (χ3n) is 4.21. The lowest BCUT2D eigenvalue weighted by Gasteiger charge is -2.23. The molecule has 8 heteroatoms. The zero-order chi connectivity index (χ0) is 17.4. The van der Waals surface area contributed by atoms with Gasteiger partial charge in [-0.3, -0.25) is 15.0 Å². The quantitative estimate of drug-likeness (QED) is 0.521. The maximum absolute atomic E-state index is 11.1. The normalized spacial score (nSPS) is 12.9. The predicted molar refractivity (Wildman–Crippen MR) is 94.2 cm³/mol. The first-order valence-corrected chi connectivity index (χ1v) is 8.44. The van der Waals surface area contributed by atoms with Gasteiger partial charge in [0.25, 0.3) is 0 Å². The number of benzene rings is 1. The molecule has 7 nitrogen and oxygen atoms in total. The van der Waals surface area contributed by atoms with E-state index >= 15 is 0 Å². The van der Waals surface area contributed by atoms with Crippen molar-refractivity contribution in [1.82, 2.24) is 19.7 Å². The summed E-state index contributed by atoms with van der Waals surface area (Å²) in [5.41, 5.74) is 2.11. The zero-order valence-electron chi connectivity index (χ0n) is 14.1. The molecule has 0 bridgehead atoms. The summed E-state index contributed by atoms with van der Waals surface area (Å²) in [6.45, 7) is 5.95. The Morgan fingerprint density at radius 2 is 2.08 bits per heavy atom. The van der Waals surface area contributed by atoms with Crippen molar-refractivity contribution >= 4 is 27.2 Å². The van der Waals surface area contributed by atoms with Gasteiger partial charge in [0.05, 0.1) is 27.9 Å². The van der Waals surface area contributed by atoms with Crippen LogP contribution in [-0.4, -0.2) is 31.6 Å². The summed E-state index contributed by atoms with van der Waals surface area (Å²) in [7, 11) is 1.97. The van der Waals surface area contributed by atoms with Crippen LogP contribution in [0.5, 0.6) is 0 Å². The minimum absolute atomic E-state index is 0.0883. The first-order valence-electron chi connectivity index (χ1n) is 7.62. The second kappa shape index (κ2) is 6.29. The molecule has 0 radical (unpaired) electrons. The summed E-state index contributed by atoms with van der Waals surface area (Å²) in [5, 5.41) is 16.5. The van der Waals surface area contributed by atoms with Gasteiger partial charge in [0, 0.05) is 0 Å². The summed E-state index contributed by atoms with van der Waals surface area (Å²) in [5.74, 6) is 0. The van der Waals surface area contributed by atoms with E-state index < -0.39 is 0 Å². The van der Waals surface area contributed by atoms with Crippen molar-refractivity contribution in [1.29, 1.82) is 0 Å². The van der Waals surface area contributed by atoms with E-state index in [1.165, 1.54) is 0 Å². The summed E-state index contributed by atoms with van der Waals surface area (Å²) < 4.78 is 2.84. The lowest BCUT2D eigenvalue weighted by atomic mass is 10.3. The van der Waals surface area contributed by atoms with E-state index in [0.29, 0.717) is 18.1 Å². The minimum atomic E-state index is -0.370. The molecule has 0 saturated carbocycles. The van der Waals surface area contributed by atoms with E-state index in [0.717, 1.165) is 15.2 Å². The molecule has 3 rings (SSSR count). The average Bonchev–Trinajstić information content (AvgIpc) is 3.07. The Kier molecular flexibility index (Phi) is 4.33. The van der Waals surface area contributed by atoms with Crippen LogP contribution in [0.2, 0.25) is 0 Å². The summed E-state index contributed by atoms with van der Waals surface area (Å²) in [4.78, 5) is 17.5. The fourth-order valence-electron chi connectivity index (χ4n) is 2.68. The van der Waals surface area contributed by atoms with Gasteiger partial charge in [-0.05, 0) is 40.0 Å². The molecular weight excluding hydrogens is 326 g/mol. The summed E-state index contributed by atoms with van der Waals surface area (Å²) in [6, 6.07) is 8.15. The number of rotatable bonds is 5. The molecular formula is C16H19N5O2S. The number of nitrogens with zero attached hydrogens (tertiary/aromatic N) is 5. The SMILES string of the molecule is Cc1nn(CN(C)[C@H](C)c2nc3ccccc3s2)c(C)c1[N+](=O)[O-]. The van der Waals surface area contributed by atoms with Crippen molar-refractivity contribution in [3.63, 3.8) is 0 Å². The highest BCUT2D eigenvalue weighted by atomic mass is 32.1. The first-order chi connectivity index (χ1) is 11.4. The van der Waals surface area contributed by atoms with Crippen molar-refractivity contribution in [2.45, 2.75) is 33.5 Å². The van der Waals surface area contributed by atoms with Crippen LogP contribution in [0.4, 0.5) is 5.69 Å². The van der Waals surface area contributed by atoms with Gasteiger partial charge in [0.15, 0.2) is 0 Å². The van der Waals surface area contributed by atoms with Gasteiger partial charge in [-0.25, -0.2) is 9.67 Å². The number of nitro groups is 1. The fourth-order valence-corrected chi connectivity index (χ4v) is 3.77. The lowest BCUT2D eigenvalue weighted by molar-refractivity contribution is -0.386. The topological polar surface area (TPSA) is 77.1 Å². The van der Waals surface area contributed by atoms with E-state index in [1.807, 2.05) is 25.2 Å². The molecule has 24 heavy (non-hydrogen) atoms. The van der Waals surface area contributed by atoms with E-state index in [1.54, 1.807) is 29.9 Å². The zero-order valence-corrected chi connectivity index (χ0v) is 14.9. The second-order valence-corrected chi connectivity index (χ2v) is 6.93. The average molecular weight is 345 g/mol. The molecule has 0 saturated heterocycles. The molecule has 0 N–H and O–H groups in total. The van der Waals surface area contributed by atoms with Gasteiger partial charge < -0.3 is 0 Å². The maximum atomic E-state index is 11.1. The first kappa shape index (κ1) is 16.5. The van der Waals surface area contributed by atoms with Crippen LogP contribution in [-0.2, 0) is 6.67 Å². The molecule has 0 spiro atoms. The molecule has 1 atom stereocenters. The van der Waals surface area contributed by atoms with Gasteiger partial charge in [0.2, 0.25) is 0 Å². The van der Waals surface area contributed by atoms with Gasteiger partial charge >= 0.3 is 5.69 Å². The molecule has 0 aliphatic carbocycles. The number of thiazole rings is 1. The Morgan fingerprint density at radius 1 is 1.38 bits per heavy atom. The van der Waals surface area contributed by atoms with E-state index in [9.17, 15) is 10.1 Å². The highest BCUT2D eigenvalue weighted by Crippen LogP contribution is 2.29. The molecule has 2 aromatic heterocycles. The lowest BCUT2D eigenvalue weighted by Crippen LogP contribution is -2.26. The Bertz CT molecular complexity index is 868. The van der Waals surface area contributed by atoms with Crippen molar-refractivity contribution in [2.75, 3.05) is 7.05 Å². The molecule has 0 amide bonds. The largest absolute Gasteiger partial charge is 0.312 e. The Hall–Kier alpha value is -2.32. The maximum Gasteiger partial charge on any atom is 0.312 e. The molecule has 3 aromatic rings. The van der Waals surface area contributed by atoms with Crippen molar-refractivity contribution < 1.29 is 4.92 Å². The molecule has 1 aromatic carbocycles. The van der Waals surface area contributed by atoms with Crippen molar-refractivity contribution in [3.8, 4) is 0 Å². The molecule has 2 heterocycles. The number of fused-ring (bicyclic) bond motifs is 1. The fraction of sp³-hybridized carbons (Fsp3) is 0.375. The van der Waals surface area contributed by atoms with Gasteiger partial charge in [-0.1, -0.05) is 12.1 Å². The Labute approximate surface area is 143 Å². The standard InChI is InChI=1S/C16H19N5O2S/c1-10-15(21(22)23)11(2)20(18-10)9-19(4)12(3)16-17-13-7-5-6-8-14(13)24-16/h5-8,12H,9H2,1-4H3/t12-/m1/s1. The number of hydrogen-bond donors (Lipinski definition) is 0. The molecule has 0 fully saturated rings. The second-order valence-electron chi connectivity index (χ2n) is 5.87. The molecule has 0 unspecified atom stereocenters. The van der Waals surface area contributed by atoms with Crippen LogP contribution in [0.3, 0.4) is 0 Å². The van der Waals surface area contributed by atoms with Crippen LogP contribution in [0.15, 0.2) is 24.3 Å². The smallest absolute Gasteiger partial charge is 0.278 e. The van der Waals surface area contributed by atoms with E-state index in [4.69, 9.17) is 0 Å².